The zero-order chi connectivity index (χ0) is 14.8. The molecule has 20 heavy (non-hydrogen) atoms. The second-order valence-electron chi connectivity index (χ2n) is 4.75. The van der Waals surface area contributed by atoms with Gasteiger partial charge in [-0.1, -0.05) is 41.9 Å². The summed E-state index contributed by atoms with van der Waals surface area (Å²) in [6.07, 6.45) is 1.75. The molecule has 0 fully saturated rings. The molecule has 3 nitrogen and oxygen atoms in total. The summed E-state index contributed by atoms with van der Waals surface area (Å²) in [5, 5.41) is 0.669. The number of rotatable bonds is 4. The van der Waals surface area contributed by atoms with E-state index in [1.807, 2.05) is 30.3 Å². The van der Waals surface area contributed by atoms with Crippen LogP contribution >= 0.6 is 11.6 Å². The van der Waals surface area contributed by atoms with Gasteiger partial charge in [-0.15, -0.1) is 0 Å². The molecule has 0 saturated carbocycles. The molecule has 0 saturated heterocycles. The zero-order valence-electron chi connectivity index (χ0n) is 11.1. The molecule has 0 heterocycles. The Labute approximate surface area is 124 Å². The van der Waals surface area contributed by atoms with Crippen LogP contribution in [0.3, 0.4) is 0 Å². The van der Waals surface area contributed by atoms with E-state index in [9.17, 15) is 8.42 Å². The van der Waals surface area contributed by atoms with Crippen LogP contribution in [0.25, 0.3) is 0 Å². The maximum Gasteiger partial charge on any atom is 0.175 e. The van der Waals surface area contributed by atoms with Crippen molar-refractivity contribution in [3.8, 4) is 0 Å². The lowest BCUT2D eigenvalue weighted by Crippen LogP contribution is -2.14. The van der Waals surface area contributed by atoms with Crippen molar-refractivity contribution in [3.63, 3.8) is 0 Å². The lowest BCUT2D eigenvalue weighted by Gasteiger charge is -2.14. The maximum absolute atomic E-state index is 11.6. The van der Waals surface area contributed by atoms with Crippen LogP contribution in [0.15, 0.2) is 53.4 Å². The summed E-state index contributed by atoms with van der Waals surface area (Å²) in [5.41, 5.74) is 7.89. The van der Waals surface area contributed by atoms with E-state index in [2.05, 4.69) is 0 Å². The molecule has 106 valence electrons. The fraction of sp³-hybridized carbons (Fsp3) is 0.200. The first-order valence-electron chi connectivity index (χ1n) is 6.17. The van der Waals surface area contributed by atoms with Gasteiger partial charge < -0.3 is 5.73 Å². The topological polar surface area (TPSA) is 60.2 Å². The number of sulfone groups is 1. The van der Waals surface area contributed by atoms with Gasteiger partial charge in [-0.2, -0.15) is 0 Å². The van der Waals surface area contributed by atoms with Crippen LogP contribution in [0.1, 0.15) is 17.2 Å². The molecule has 2 rings (SSSR count). The molecule has 0 aliphatic rings. The summed E-state index contributed by atoms with van der Waals surface area (Å²) >= 11 is 6.11. The Morgan fingerprint density at radius 1 is 1.15 bits per heavy atom. The second kappa shape index (κ2) is 5.95. The molecule has 0 amide bonds. The molecule has 5 heteroatoms. The van der Waals surface area contributed by atoms with Crippen molar-refractivity contribution in [1.29, 1.82) is 0 Å². The molecule has 0 aliphatic carbocycles. The van der Waals surface area contributed by atoms with Gasteiger partial charge in [-0.05, 0) is 35.7 Å². The van der Waals surface area contributed by atoms with Crippen molar-refractivity contribution in [3.05, 3.63) is 64.7 Å². The molecular weight excluding hydrogens is 294 g/mol. The fourth-order valence-corrected chi connectivity index (χ4v) is 2.88. The Morgan fingerprint density at radius 3 is 2.50 bits per heavy atom. The summed E-state index contributed by atoms with van der Waals surface area (Å²) in [6.45, 7) is 0. The van der Waals surface area contributed by atoms with Gasteiger partial charge in [0.15, 0.2) is 9.84 Å². The average Bonchev–Trinajstić information content (AvgIpc) is 2.40. The van der Waals surface area contributed by atoms with Crippen molar-refractivity contribution in [2.75, 3.05) is 6.26 Å². The zero-order valence-corrected chi connectivity index (χ0v) is 12.7. The van der Waals surface area contributed by atoms with Crippen molar-refractivity contribution in [2.24, 2.45) is 5.73 Å². The highest BCUT2D eigenvalue weighted by Crippen LogP contribution is 2.23. The third-order valence-corrected chi connectivity index (χ3v) is 4.59. The molecule has 1 unspecified atom stereocenters. The Balaban J connectivity index is 2.26. The number of benzene rings is 2. The molecule has 0 bridgehead atoms. The first kappa shape index (κ1) is 15.0. The highest BCUT2D eigenvalue weighted by Gasteiger charge is 2.13. The number of hydrogen-bond acceptors (Lipinski definition) is 3. The van der Waals surface area contributed by atoms with Crippen LogP contribution in [-0.2, 0) is 16.3 Å². The summed E-state index contributed by atoms with van der Waals surface area (Å²) in [6, 6.07) is 13.9. The highest BCUT2D eigenvalue weighted by molar-refractivity contribution is 7.90. The monoisotopic (exact) mass is 309 g/mol. The second-order valence-corrected chi connectivity index (χ2v) is 7.17. The SMILES string of the molecule is CS(=O)(=O)c1cccc(C(N)Cc2ccccc2Cl)c1. The van der Waals surface area contributed by atoms with Crippen molar-refractivity contribution < 1.29 is 8.42 Å². The summed E-state index contributed by atoms with van der Waals surface area (Å²) in [5.74, 6) is 0. The van der Waals surface area contributed by atoms with Gasteiger partial charge in [-0.25, -0.2) is 8.42 Å². The standard InChI is InChI=1S/C15H16ClNO2S/c1-20(18,19)13-7-4-6-12(9-13)15(17)10-11-5-2-3-8-14(11)16/h2-9,15H,10,17H2,1H3. The Hall–Kier alpha value is -1.36. The summed E-state index contributed by atoms with van der Waals surface area (Å²) < 4.78 is 23.1. The molecule has 2 aromatic rings. The normalized spacial score (nSPS) is 13.2. The predicted molar refractivity (Wildman–Crippen MR) is 81.6 cm³/mol. The maximum atomic E-state index is 11.6. The molecular formula is C15H16ClNO2S. The minimum absolute atomic E-state index is 0.282. The fourth-order valence-electron chi connectivity index (χ4n) is 1.99. The molecule has 0 aliphatic heterocycles. The van der Waals surface area contributed by atoms with Gasteiger partial charge in [0.25, 0.3) is 0 Å². The van der Waals surface area contributed by atoms with Crippen LogP contribution in [0.2, 0.25) is 5.02 Å². The quantitative estimate of drug-likeness (QED) is 0.944. The van der Waals surface area contributed by atoms with E-state index in [0.717, 1.165) is 11.1 Å². The Bertz CT molecular complexity index is 713. The van der Waals surface area contributed by atoms with Crippen LogP contribution in [-0.4, -0.2) is 14.7 Å². The minimum Gasteiger partial charge on any atom is -0.324 e. The molecule has 0 aromatic heterocycles. The molecule has 2 aromatic carbocycles. The van der Waals surface area contributed by atoms with Gasteiger partial charge in [0, 0.05) is 17.3 Å². The van der Waals surface area contributed by atoms with E-state index < -0.39 is 9.84 Å². The number of hydrogen-bond donors (Lipinski definition) is 1. The average molecular weight is 310 g/mol. The predicted octanol–water partition coefficient (Wildman–Crippen LogP) is 2.99. The third kappa shape index (κ3) is 3.60. The molecule has 0 spiro atoms. The van der Waals surface area contributed by atoms with Crippen LogP contribution in [0.4, 0.5) is 0 Å². The summed E-state index contributed by atoms with van der Waals surface area (Å²) in [7, 11) is -3.22. The molecule has 1 atom stereocenters. The number of halogens is 1. The van der Waals surface area contributed by atoms with Gasteiger partial charge in [0.1, 0.15) is 0 Å². The highest BCUT2D eigenvalue weighted by atomic mass is 35.5. The first-order valence-corrected chi connectivity index (χ1v) is 8.44. The van der Waals surface area contributed by atoms with Crippen LogP contribution in [0.5, 0.6) is 0 Å². The van der Waals surface area contributed by atoms with Crippen LogP contribution < -0.4 is 5.73 Å². The summed E-state index contributed by atoms with van der Waals surface area (Å²) in [4.78, 5) is 0.282. The Morgan fingerprint density at radius 2 is 1.85 bits per heavy atom. The number of nitrogens with two attached hydrogens (primary N) is 1. The van der Waals surface area contributed by atoms with E-state index in [4.69, 9.17) is 17.3 Å². The largest absolute Gasteiger partial charge is 0.324 e. The van der Waals surface area contributed by atoms with Gasteiger partial charge in [0.05, 0.1) is 4.90 Å². The van der Waals surface area contributed by atoms with Gasteiger partial charge in [0.2, 0.25) is 0 Å². The molecule has 0 radical (unpaired) electrons. The smallest absolute Gasteiger partial charge is 0.175 e. The lowest BCUT2D eigenvalue weighted by atomic mass is 10.00. The Kier molecular flexibility index (Phi) is 4.48. The molecule has 2 N–H and O–H groups in total. The van der Waals surface area contributed by atoms with Crippen molar-refractivity contribution in [2.45, 2.75) is 17.4 Å². The van der Waals surface area contributed by atoms with E-state index in [0.29, 0.717) is 11.4 Å². The first-order chi connectivity index (χ1) is 9.38. The van der Waals surface area contributed by atoms with Crippen molar-refractivity contribution in [1.82, 2.24) is 0 Å². The van der Waals surface area contributed by atoms with Gasteiger partial charge in [-0.3, -0.25) is 0 Å². The van der Waals surface area contributed by atoms with Gasteiger partial charge >= 0.3 is 0 Å². The minimum atomic E-state index is -3.22. The third-order valence-electron chi connectivity index (χ3n) is 3.11. The van der Waals surface area contributed by atoms with E-state index >= 15 is 0 Å². The van der Waals surface area contributed by atoms with E-state index in [-0.39, 0.29) is 10.9 Å². The van der Waals surface area contributed by atoms with E-state index in [1.54, 1.807) is 18.2 Å². The van der Waals surface area contributed by atoms with E-state index in [1.165, 1.54) is 6.26 Å². The van der Waals surface area contributed by atoms with Crippen molar-refractivity contribution >= 4 is 21.4 Å². The van der Waals surface area contributed by atoms with Crippen LogP contribution in [0, 0.1) is 0 Å². The lowest BCUT2D eigenvalue weighted by molar-refractivity contribution is 0.601.